The number of benzene rings is 3. The Labute approximate surface area is 252 Å². The molecule has 1 amide bonds. The highest BCUT2D eigenvalue weighted by atomic mass is 16.4. The molecule has 1 aromatic heterocycles. The van der Waals surface area contributed by atoms with Crippen molar-refractivity contribution >= 4 is 17.7 Å². The monoisotopic (exact) mass is 577 g/mol. The van der Waals surface area contributed by atoms with Gasteiger partial charge in [-0.3, -0.25) is 9.59 Å². The van der Waals surface area contributed by atoms with Gasteiger partial charge >= 0.3 is 5.97 Å². The third-order valence-electron chi connectivity index (χ3n) is 8.73. The number of hydrogen-bond donors (Lipinski definition) is 3. The Bertz CT molecular complexity index is 1550. The summed E-state index contributed by atoms with van der Waals surface area (Å²) in [5, 5.41) is 12.6. The van der Waals surface area contributed by atoms with E-state index < -0.39 is 22.8 Å². The van der Waals surface area contributed by atoms with Gasteiger partial charge in [0.05, 0.1) is 5.69 Å². The number of amides is 1. The van der Waals surface area contributed by atoms with Gasteiger partial charge in [0.2, 0.25) is 0 Å². The fraction of sp³-hybridized carbons (Fsp3) is 0.306. The normalized spacial score (nSPS) is 15.3. The number of nitrogens with two attached hydrogens (primary N) is 1. The summed E-state index contributed by atoms with van der Waals surface area (Å²) in [4.78, 5) is 40.1. The van der Waals surface area contributed by atoms with Gasteiger partial charge in [0.25, 0.3) is 5.91 Å². The van der Waals surface area contributed by atoms with Gasteiger partial charge < -0.3 is 20.7 Å². The van der Waals surface area contributed by atoms with Crippen molar-refractivity contribution in [1.29, 1.82) is 0 Å². The highest BCUT2D eigenvalue weighted by Crippen LogP contribution is 2.42. The van der Waals surface area contributed by atoms with Crippen LogP contribution in [0, 0.1) is 5.41 Å². The van der Waals surface area contributed by atoms with Gasteiger partial charge in [0.1, 0.15) is 5.54 Å². The molecule has 1 atom stereocenters. The molecule has 0 spiro atoms. The van der Waals surface area contributed by atoms with Gasteiger partial charge in [-0.1, -0.05) is 78.9 Å². The van der Waals surface area contributed by atoms with Crippen molar-refractivity contribution in [3.8, 4) is 0 Å². The van der Waals surface area contributed by atoms with Crippen LogP contribution in [-0.4, -0.2) is 39.4 Å². The third-order valence-corrected chi connectivity index (χ3v) is 8.73. The highest BCUT2D eigenvalue weighted by molar-refractivity contribution is 6.02. The lowest BCUT2D eigenvalue weighted by molar-refractivity contribution is -0.144. The minimum absolute atomic E-state index is 0.119. The van der Waals surface area contributed by atoms with Crippen LogP contribution in [0.5, 0.6) is 0 Å². The van der Waals surface area contributed by atoms with E-state index in [1.807, 2.05) is 65.4 Å². The minimum atomic E-state index is -1.44. The van der Waals surface area contributed by atoms with Crippen LogP contribution in [0.4, 0.5) is 0 Å². The summed E-state index contributed by atoms with van der Waals surface area (Å²) in [7, 11) is 0. The molecule has 43 heavy (non-hydrogen) atoms. The Kier molecular flexibility index (Phi) is 8.92. The molecule has 0 bridgehead atoms. The number of aliphatic carboxylic acids is 1. The lowest BCUT2D eigenvalue weighted by Crippen LogP contribution is -2.52. The van der Waals surface area contributed by atoms with E-state index in [9.17, 15) is 19.5 Å². The standard InChI is InChI=1S/C36H39N3O4/c1-35(34(42)43,19-10-21-37)38-33(41)30-16-9-8-15-29(30)25-39-22-18-28-17-20-36(32(40)31(28)39,23-26-11-4-2-5-12-26)24-27-13-6-3-7-14-27/h2-9,11-16,18,22H,10,17,19-21,23-25,37H2,1H3,(H,38,41)(H,42,43). The maximum Gasteiger partial charge on any atom is 0.329 e. The largest absolute Gasteiger partial charge is 0.480 e. The van der Waals surface area contributed by atoms with E-state index >= 15 is 0 Å². The van der Waals surface area contributed by atoms with Gasteiger partial charge in [-0.2, -0.15) is 0 Å². The van der Waals surface area contributed by atoms with E-state index in [1.165, 1.54) is 6.92 Å². The quantitative estimate of drug-likeness (QED) is 0.207. The number of fused-ring (bicyclic) bond motifs is 1. The number of carbonyl (C=O) groups excluding carboxylic acids is 2. The molecule has 1 unspecified atom stereocenters. The molecule has 4 aromatic rings. The molecule has 7 nitrogen and oxygen atoms in total. The second-order valence-electron chi connectivity index (χ2n) is 11.9. The molecule has 222 valence electrons. The molecule has 0 saturated heterocycles. The zero-order valence-electron chi connectivity index (χ0n) is 24.6. The van der Waals surface area contributed by atoms with E-state index in [0.717, 1.165) is 29.5 Å². The zero-order chi connectivity index (χ0) is 30.5. The number of carboxylic acids is 1. The van der Waals surface area contributed by atoms with Crippen LogP contribution in [0.25, 0.3) is 0 Å². The van der Waals surface area contributed by atoms with Crippen LogP contribution in [0.3, 0.4) is 0 Å². The number of aryl methyl sites for hydroxylation is 1. The predicted octanol–water partition coefficient (Wildman–Crippen LogP) is 5.45. The summed E-state index contributed by atoms with van der Waals surface area (Å²) >= 11 is 0. The van der Waals surface area contributed by atoms with E-state index in [-0.39, 0.29) is 12.2 Å². The van der Waals surface area contributed by atoms with Crippen LogP contribution in [-0.2, 0) is 30.6 Å². The second-order valence-corrected chi connectivity index (χ2v) is 11.9. The molecular weight excluding hydrogens is 538 g/mol. The molecule has 0 saturated carbocycles. The summed E-state index contributed by atoms with van der Waals surface area (Å²) in [6.45, 7) is 2.15. The smallest absolute Gasteiger partial charge is 0.329 e. The van der Waals surface area contributed by atoms with Gasteiger partial charge in [-0.15, -0.1) is 0 Å². The summed E-state index contributed by atoms with van der Waals surface area (Å²) in [5.41, 5.74) is 8.63. The van der Waals surface area contributed by atoms with Crippen LogP contribution < -0.4 is 11.1 Å². The average Bonchev–Trinajstić information content (AvgIpc) is 3.42. The Morgan fingerprint density at radius 3 is 2.14 bits per heavy atom. The third kappa shape index (κ3) is 6.47. The number of hydrogen-bond acceptors (Lipinski definition) is 4. The van der Waals surface area contributed by atoms with E-state index in [4.69, 9.17) is 5.73 Å². The van der Waals surface area contributed by atoms with Crippen LogP contribution in [0.1, 0.15) is 69.3 Å². The maximum atomic E-state index is 14.6. The fourth-order valence-corrected chi connectivity index (χ4v) is 6.30. The number of Topliss-reactive ketones (excluding diaryl/α,β-unsaturated/α-hetero) is 1. The molecule has 5 rings (SSSR count). The summed E-state index contributed by atoms with van der Waals surface area (Å²) in [6, 6.07) is 29.6. The van der Waals surface area contributed by atoms with Crippen molar-refractivity contribution < 1.29 is 19.5 Å². The molecule has 3 aromatic carbocycles. The SMILES string of the molecule is CC(CCCN)(NC(=O)c1ccccc1Cn1ccc2c1C(=O)C(Cc1ccccc1)(Cc1ccccc1)CC2)C(=O)O. The first-order valence-corrected chi connectivity index (χ1v) is 14.9. The highest BCUT2D eigenvalue weighted by Gasteiger charge is 2.44. The Hall–Kier alpha value is -4.49. The second kappa shape index (κ2) is 12.8. The molecule has 7 heteroatoms. The van der Waals surface area contributed by atoms with Crippen molar-refractivity contribution in [1.82, 2.24) is 9.88 Å². The number of ketones is 1. The average molecular weight is 578 g/mol. The first kappa shape index (κ1) is 30.0. The molecule has 0 aliphatic heterocycles. The number of rotatable bonds is 12. The molecule has 1 heterocycles. The Balaban J connectivity index is 1.47. The number of nitrogens with zero attached hydrogens (tertiary/aromatic N) is 1. The van der Waals surface area contributed by atoms with Crippen LogP contribution in [0.15, 0.2) is 97.2 Å². The topological polar surface area (TPSA) is 114 Å². The van der Waals surface area contributed by atoms with Crippen molar-refractivity contribution in [2.24, 2.45) is 11.1 Å². The molecule has 4 N–H and O–H groups in total. The van der Waals surface area contributed by atoms with E-state index in [2.05, 4.69) is 29.6 Å². The van der Waals surface area contributed by atoms with Crippen molar-refractivity contribution in [2.45, 2.75) is 57.5 Å². The molecule has 1 aliphatic rings. The first-order valence-electron chi connectivity index (χ1n) is 14.9. The summed E-state index contributed by atoms with van der Waals surface area (Å²) < 4.78 is 1.96. The lowest BCUT2D eigenvalue weighted by Gasteiger charge is -2.37. The molecular formula is C36H39N3O4. The van der Waals surface area contributed by atoms with Crippen molar-refractivity contribution in [3.63, 3.8) is 0 Å². The van der Waals surface area contributed by atoms with Gasteiger partial charge in [-0.25, -0.2) is 4.79 Å². The van der Waals surface area contributed by atoms with Crippen molar-refractivity contribution in [2.75, 3.05) is 6.54 Å². The lowest BCUT2D eigenvalue weighted by atomic mass is 9.66. The molecule has 1 aliphatic carbocycles. The van der Waals surface area contributed by atoms with Gasteiger partial charge in [0, 0.05) is 23.7 Å². The number of carboxylic acid groups (broad SMARTS) is 1. The van der Waals surface area contributed by atoms with Crippen LogP contribution >= 0.6 is 0 Å². The number of carbonyl (C=O) groups is 3. The van der Waals surface area contributed by atoms with E-state index in [0.29, 0.717) is 49.2 Å². The molecule has 0 fully saturated rings. The fourth-order valence-electron chi connectivity index (χ4n) is 6.30. The summed E-state index contributed by atoms with van der Waals surface area (Å²) in [6.07, 6.45) is 5.44. The number of aromatic nitrogens is 1. The van der Waals surface area contributed by atoms with Crippen molar-refractivity contribution in [3.05, 3.63) is 131 Å². The predicted molar refractivity (Wildman–Crippen MR) is 167 cm³/mol. The summed E-state index contributed by atoms with van der Waals surface area (Å²) in [5.74, 6) is -1.45. The van der Waals surface area contributed by atoms with E-state index in [1.54, 1.807) is 12.1 Å². The van der Waals surface area contributed by atoms with Gasteiger partial charge in [-0.05, 0) is 86.4 Å². The number of nitrogens with one attached hydrogen (secondary N) is 1. The van der Waals surface area contributed by atoms with Gasteiger partial charge in [0.15, 0.2) is 5.78 Å². The van der Waals surface area contributed by atoms with Crippen LogP contribution in [0.2, 0.25) is 0 Å². The zero-order valence-corrected chi connectivity index (χ0v) is 24.6. The Morgan fingerprint density at radius 1 is 0.930 bits per heavy atom. The molecule has 0 radical (unpaired) electrons. The minimum Gasteiger partial charge on any atom is -0.480 e. The first-order chi connectivity index (χ1) is 20.7. The maximum absolute atomic E-state index is 14.6. The Morgan fingerprint density at radius 2 is 1.53 bits per heavy atom.